The summed E-state index contributed by atoms with van der Waals surface area (Å²) in [6.07, 6.45) is 4.18. The maximum absolute atomic E-state index is 11.6. The van der Waals surface area contributed by atoms with Gasteiger partial charge in [0, 0.05) is 18.5 Å². The van der Waals surface area contributed by atoms with Gasteiger partial charge in [-0.05, 0) is 18.2 Å². The molecule has 0 aliphatic heterocycles. The third-order valence-corrected chi connectivity index (χ3v) is 2.52. The first kappa shape index (κ1) is 14.4. The van der Waals surface area contributed by atoms with Crippen LogP contribution in [-0.4, -0.2) is 34.0 Å². The van der Waals surface area contributed by atoms with Crippen LogP contribution in [0.1, 0.15) is 10.4 Å². The molecule has 2 aromatic heterocycles. The summed E-state index contributed by atoms with van der Waals surface area (Å²) in [5, 5.41) is 13.4. The predicted molar refractivity (Wildman–Crippen MR) is 73.9 cm³/mol. The molecule has 0 spiro atoms. The molecular weight excluding hydrogens is 276 g/mol. The van der Waals surface area contributed by atoms with E-state index >= 15 is 0 Å². The minimum absolute atomic E-state index is 0.0790. The smallest absolute Gasteiger partial charge is 0.338 e. The van der Waals surface area contributed by atoms with Crippen LogP contribution in [0.15, 0.2) is 42.9 Å². The van der Waals surface area contributed by atoms with E-state index in [9.17, 15) is 14.9 Å². The summed E-state index contributed by atoms with van der Waals surface area (Å²) in [5.74, 6) is 0.0384. The minimum atomic E-state index is -0.521. The Morgan fingerprint density at radius 2 is 2.05 bits per heavy atom. The van der Waals surface area contributed by atoms with Gasteiger partial charge in [0.05, 0.1) is 17.0 Å². The number of anilines is 1. The monoisotopic (exact) mass is 288 g/mol. The highest BCUT2D eigenvalue weighted by Gasteiger charge is 2.07. The fourth-order valence-corrected chi connectivity index (χ4v) is 1.49. The van der Waals surface area contributed by atoms with Gasteiger partial charge in [-0.2, -0.15) is 0 Å². The van der Waals surface area contributed by atoms with E-state index in [1.54, 1.807) is 12.1 Å². The average Bonchev–Trinajstić information content (AvgIpc) is 2.52. The molecule has 0 bridgehead atoms. The summed E-state index contributed by atoms with van der Waals surface area (Å²) in [6, 6.07) is 5.96. The minimum Gasteiger partial charge on any atom is -0.460 e. The van der Waals surface area contributed by atoms with Gasteiger partial charge in [0.2, 0.25) is 0 Å². The van der Waals surface area contributed by atoms with E-state index in [2.05, 4.69) is 15.3 Å². The van der Waals surface area contributed by atoms with Crippen molar-refractivity contribution in [1.29, 1.82) is 0 Å². The van der Waals surface area contributed by atoms with Crippen molar-refractivity contribution < 1.29 is 14.5 Å². The molecule has 0 aromatic carbocycles. The van der Waals surface area contributed by atoms with Crippen LogP contribution in [0.5, 0.6) is 0 Å². The van der Waals surface area contributed by atoms with Crippen LogP contribution in [-0.2, 0) is 4.74 Å². The molecule has 0 aliphatic carbocycles. The first-order valence-corrected chi connectivity index (χ1v) is 6.08. The molecule has 1 N–H and O–H groups in total. The van der Waals surface area contributed by atoms with Gasteiger partial charge in [-0.1, -0.05) is 0 Å². The Hall–Kier alpha value is -3.03. The van der Waals surface area contributed by atoms with Crippen molar-refractivity contribution in [3.05, 3.63) is 58.5 Å². The molecule has 0 radical (unpaired) electrons. The molecule has 2 aromatic rings. The zero-order valence-corrected chi connectivity index (χ0v) is 10.9. The molecule has 0 aliphatic rings. The highest BCUT2D eigenvalue weighted by molar-refractivity contribution is 5.89. The van der Waals surface area contributed by atoms with Crippen LogP contribution in [0.25, 0.3) is 0 Å². The third-order valence-electron chi connectivity index (χ3n) is 2.52. The SMILES string of the molecule is O=C(OCCNc1ccc([N+](=O)[O-])cn1)c1ccncc1. The van der Waals surface area contributed by atoms with Crippen molar-refractivity contribution in [2.24, 2.45) is 0 Å². The van der Waals surface area contributed by atoms with Crippen LogP contribution in [0, 0.1) is 10.1 Å². The summed E-state index contributed by atoms with van der Waals surface area (Å²) in [6.45, 7) is 0.501. The summed E-state index contributed by atoms with van der Waals surface area (Å²) in [7, 11) is 0. The number of nitro groups is 1. The van der Waals surface area contributed by atoms with Crippen molar-refractivity contribution in [3.8, 4) is 0 Å². The molecule has 21 heavy (non-hydrogen) atoms. The van der Waals surface area contributed by atoms with Gasteiger partial charge in [0.25, 0.3) is 5.69 Å². The van der Waals surface area contributed by atoms with E-state index in [4.69, 9.17) is 4.74 Å². The number of ether oxygens (including phenoxy) is 1. The van der Waals surface area contributed by atoms with Gasteiger partial charge in [-0.3, -0.25) is 15.1 Å². The molecule has 2 heterocycles. The molecular formula is C13H12N4O4. The lowest BCUT2D eigenvalue weighted by Gasteiger charge is -2.06. The van der Waals surface area contributed by atoms with Crippen molar-refractivity contribution in [1.82, 2.24) is 9.97 Å². The molecule has 108 valence electrons. The number of carbonyl (C=O) groups excluding carboxylic acids is 1. The Morgan fingerprint density at radius 1 is 1.29 bits per heavy atom. The van der Waals surface area contributed by atoms with E-state index in [1.807, 2.05) is 0 Å². The molecule has 0 atom stereocenters. The van der Waals surface area contributed by atoms with Crippen molar-refractivity contribution >= 4 is 17.5 Å². The van der Waals surface area contributed by atoms with E-state index < -0.39 is 10.9 Å². The van der Waals surface area contributed by atoms with Gasteiger partial charge in [-0.15, -0.1) is 0 Å². The Balaban J connectivity index is 1.75. The molecule has 0 saturated heterocycles. The Morgan fingerprint density at radius 3 is 2.67 bits per heavy atom. The molecule has 0 amide bonds. The zero-order chi connectivity index (χ0) is 15.1. The van der Waals surface area contributed by atoms with E-state index in [0.717, 1.165) is 6.20 Å². The maximum Gasteiger partial charge on any atom is 0.338 e. The lowest BCUT2D eigenvalue weighted by molar-refractivity contribution is -0.385. The second-order valence-corrected chi connectivity index (χ2v) is 3.96. The molecule has 2 rings (SSSR count). The number of nitrogens with zero attached hydrogens (tertiary/aromatic N) is 3. The van der Waals surface area contributed by atoms with Gasteiger partial charge >= 0.3 is 5.97 Å². The molecule has 8 nitrogen and oxygen atoms in total. The van der Waals surface area contributed by atoms with Crippen LogP contribution in [0.3, 0.4) is 0 Å². The van der Waals surface area contributed by atoms with Gasteiger partial charge < -0.3 is 10.1 Å². The van der Waals surface area contributed by atoms with Gasteiger partial charge in [0.1, 0.15) is 18.6 Å². The summed E-state index contributed by atoms with van der Waals surface area (Å²) >= 11 is 0. The predicted octanol–water partition coefficient (Wildman–Crippen LogP) is 1.65. The van der Waals surface area contributed by atoms with Gasteiger partial charge in [-0.25, -0.2) is 9.78 Å². The number of rotatable bonds is 6. The fraction of sp³-hybridized carbons (Fsp3) is 0.154. The topological polar surface area (TPSA) is 107 Å². The maximum atomic E-state index is 11.6. The highest BCUT2D eigenvalue weighted by Crippen LogP contribution is 2.11. The lowest BCUT2D eigenvalue weighted by Crippen LogP contribution is -2.14. The number of esters is 1. The number of pyridine rings is 2. The summed E-state index contributed by atoms with van der Waals surface area (Å²) in [4.78, 5) is 29.2. The number of carbonyl (C=O) groups is 1. The Labute approximate surface area is 120 Å². The van der Waals surface area contributed by atoms with Crippen LogP contribution in [0.2, 0.25) is 0 Å². The van der Waals surface area contributed by atoms with E-state index in [0.29, 0.717) is 17.9 Å². The number of nitrogens with one attached hydrogen (secondary N) is 1. The Kier molecular flexibility index (Phi) is 4.75. The first-order chi connectivity index (χ1) is 10.2. The summed E-state index contributed by atoms with van der Waals surface area (Å²) in [5.41, 5.74) is 0.350. The number of hydrogen-bond acceptors (Lipinski definition) is 7. The largest absolute Gasteiger partial charge is 0.460 e. The zero-order valence-electron chi connectivity index (χ0n) is 10.9. The van der Waals surface area contributed by atoms with E-state index in [1.165, 1.54) is 24.5 Å². The molecule has 0 unspecified atom stereocenters. The summed E-state index contributed by atoms with van der Waals surface area (Å²) < 4.78 is 5.05. The van der Waals surface area contributed by atoms with E-state index in [-0.39, 0.29) is 12.3 Å². The molecule has 8 heteroatoms. The second kappa shape index (κ2) is 6.94. The highest BCUT2D eigenvalue weighted by atomic mass is 16.6. The molecule has 0 saturated carbocycles. The van der Waals surface area contributed by atoms with Crippen LogP contribution < -0.4 is 5.32 Å². The Bertz CT molecular complexity index is 616. The lowest BCUT2D eigenvalue weighted by atomic mass is 10.3. The van der Waals surface area contributed by atoms with Crippen molar-refractivity contribution in [2.45, 2.75) is 0 Å². The molecule has 0 fully saturated rings. The quantitative estimate of drug-likeness (QED) is 0.372. The number of aromatic nitrogens is 2. The number of hydrogen-bond donors (Lipinski definition) is 1. The second-order valence-electron chi connectivity index (χ2n) is 3.96. The standard InChI is InChI=1S/C13H12N4O4/c18-13(10-3-5-14-6-4-10)21-8-7-15-12-2-1-11(9-16-12)17(19)20/h1-6,9H,7-8H2,(H,15,16). The van der Waals surface area contributed by atoms with Crippen LogP contribution in [0.4, 0.5) is 11.5 Å². The normalized spacial score (nSPS) is 9.90. The fourth-order valence-electron chi connectivity index (χ4n) is 1.49. The van der Waals surface area contributed by atoms with Crippen molar-refractivity contribution in [3.63, 3.8) is 0 Å². The van der Waals surface area contributed by atoms with Crippen LogP contribution >= 0.6 is 0 Å². The van der Waals surface area contributed by atoms with Crippen molar-refractivity contribution in [2.75, 3.05) is 18.5 Å². The third kappa shape index (κ3) is 4.23. The first-order valence-electron chi connectivity index (χ1n) is 6.08. The van der Waals surface area contributed by atoms with Gasteiger partial charge in [0.15, 0.2) is 0 Å². The average molecular weight is 288 g/mol.